The van der Waals surface area contributed by atoms with Crippen LogP contribution in [-0.2, 0) is 14.4 Å². The minimum Gasteiger partial charge on any atom is -0.353 e. The van der Waals surface area contributed by atoms with Crippen LogP contribution in [0.1, 0.15) is 33.6 Å². The number of rotatable bonds is 6. The fourth-order valence-corrected chi connectivity index (χ4v) is 4.98. The maximum Gasteiger partial charge on any atom is 0.233 e. The Bertz CT molecular complexity index is 849. The fourth-order valence-electron chi connectivity index (χ4n) is 3.99. The van der Waals surface area contributed by atoms with Crippen molar-refractivity contribution in [1.29, 1.82) is 0 Å². The zero-order valence-corrected chi connectivity index (χ0v) is 20.5. The lowest BCUT2D eigenvalue weighted by atomic mass is 10.1. The Morgan fingerprint density at radius 3 is 2.38 bits per heavy atom. The number of anilines is 1. The lowest BCUT2D eigenvalue weighted by molar-refractivity contribution is -0.136. The van der Waals surface area contributed by atoms with Gasteiger partial charge in [-0.3, -0.25) is 14.4 Å². The summed E-state index contributed by atoms with van der Waals surface area (Å²) in [5.74, 6) is 1.16. The molecule has 0 aromatic carbocycles. The molecule has 1 aromatic heterocycles. The van der Waals surface area contributed by atoms with E-state index in [0.29, 0.717) is 68.4 Å². The topological polar surface area (TPSA) is 90.0 Å². The molecule has 32 heavy (non-hydrogen) atoms. The molecule has 2 fully saturated rings. The monoisotopic (exact) mass is 482 g/mol. The van der Waals surface area contributed by atoms with Gasteiger partial charge in [0.05, 0.1) is 5.75 Å². The highest BCUT2D eigenvalue weighted by Crippen LogP contribution is 2.24. The molecule has 1 unspecified atom stereocenters. The van der Waals surface area contributed by atoms with E-state index < -0.39 is 0 Å². The molecule has 0 N–H and O–H groups in total. The van der Waals surface area contributed by atoms with E-state index >= 15 is 0 Å². The van der Waals surface area contributed by atoms with Gasteiger partial charge in [0.25, 0.3) is 0 Å². The van der Waals surface area contributed by atoms with Crippen LogP contribution in [0.2, 0.25) is 5.15 Å². The number of carbonyl (C=O) groups excluding carboxylic acids is 3. The molecule has 176 valence electrons. The van der Waals surface area contributed by atoms with Gasteiger partial charge in [0.1, 0.15) is 11.0 Å². The van der Waals surface area contributed by atoms with Gasteiger partial charge in [0, 0.05) is 71.3 Å². The maximum atomic E-state index is 12.6. The molecule has 0 radical (unpaired) electrons. The van der Waals surface area contributed by atoms with Crippen LogP contribution in [0.25, 0.3) is 0 Å². The van der Waals surface area contributed by atoms with E-state index in [1.54, 1.807) is 22.8 Å². The predicted molar refractivity (Wildman–Crippen MR) is 125 cm³/mol. The molecule has 3 rings (SSSR count). The van der Waals surface area contributed by atoms with Crippen LogP contribution in [0.3, 0.4) is 0 Å². The van der Waals surface area contributed by atoms with Crippen LogP contribution < -0.4 is 4.90 Å². The van der Waals surface area contributed by atoms with Gasteiger partial charge < -0.3 is 19.6 Å². The normalized spacial score (nSPS) is 19.3. The first-order valence-electron chi connectivity index (χ1n) is 11.0. The zero-order chi connectivity index (χ0) is 23.3. The van der Waals surface area contributed by atoms with Gasteiger partial charge >= 0.3 is 0 Å². The Hall–Kier alpha value is -2.07. The Morgan fingerprint density at radius 1 is 1.06 bits per heavy atom. The van der Waals surface area contributed by atoms with Crippen molar-refractivity contribution < 1.29 is 14.4 Å². The van der Waals surface area contributed by atoms with Crippen molar-refractivity contribution in [1.82, 2.24) is 24.7 Å². The lowest BCUT2D eigenvalue weighted by Gasteiger charge is -2.40. The number of halogens is 1. The molecule has 9 nitrogen and oxygen atoms in total. The third-order valence-electron chi connectivity index (χ3n) is 5.80. The van der Waals surface area contributed by atoms with Gasteiger partial charge in [0.2, 0.25) is 17.7 Å². The predicted octanol–water partition coefficient (Wildman–Crippen LogP) is 1.75. The second-order valence-electron chi connectivity index (χ2n) is 8.14. The van der Waals surface area contributed by atoms with E-state index in [2.05, 4.69) is 14.9 Å². The van der Waals surface area contributed by atoms with Crippen molar-refractivity contribution >= 4 is 46.9 Å². The highest BCUT2D eigenvalue weighted by atomic mass is 35.5. The van der Waals surface area contributed by atoms with E-state index in [-0.39, 0.29) is 29.5 Å². The van der Waals surface area contributed by atoms with Gasteiger partial charge in [-0.25, -0.2) is 9.97 Å². The summed E-state index contributed by atoms with van der Waals surface area (Å²) in [5, 5.41) is 0.789. The van der Waals surface area contributed by atoms with Crippen LogP contribution in [0.4, 0.5) is 5.82 Å². The average molecular weight is 483 g/mol. The van der Waals surface area contributed by atoms with Gasteiger partial charge in [-0.2, -0.15) is 0 Å². The van der Waals surface area contributed by atoms with Gasteiger partial charge in [-0.15, -0.1) is 0 Å². The summed E-state index contributed by atoms with van der Waals surface area (Å²) in [4.78, 5) is 52.8. The minimum absolute atomic E-state index is 0.000000586. The molecule has 2 aliphatic heterocycles. The maximum absolute atomic E-state index is 12.6. The number of hydrogen-bond donors (Lipinski definition) is 0. The molecule has 11 heteroatoms. The Labute approximate surface area is 198 Å². The van der Waals surface area contributed by atoms with Gasteiger partial charge in [-0.05, 0) is 13.3 Å². The number of hydrogen-bond acceptors (Lipinski definition) is 7. The molecule has 1 atom stereocenters. The first kappa shape index (κ1) is 24.6. The Kier molecular flexibility index (Phi) is 8.58. The Morgan fingerprint density at radius 2 is 1.75 bits per heavy atom. The molecular formula is C21H31ClN6O3S. The first-order chi connectivity index (χ1) is 15.3. The molecule has 3 amide bonds. The zero-order valence-electron chi connectivity index (χ0n) is 18.9. The number of piperazine rings is 2. The van der Waals surface area contributed by atoms with E-state index in [0.717, 1.165) is 6.42 Å². The minimum atomic E-state index is 0.000000586. The average Bonchev–Trinajstić information content (AvgIpc) is 2.77. The SMILES string of the molecule is CCCC(=O)N1CCN(c2cc(Cl)nc(SCC(=O)N3CCN(C(C)=O)CC3)n2)CC1C. The summed E-state index contributed by atoms with van der Waals surface area (Å²) in [7, 11) is 0. The van der Waals surface area contributed by atoms with Crippen molar-refractivity contribution in [3.8, 4) is 0 Å². The molecule has 0 spiro atoms. The fraction of sp³-hybridized carbons (Fsp3) is 0.667. The summed E-state index contributed by atoms with van der Waals surface area (Å²) in [6, 6.07) is 1.81. The summed E-state index contributed by atoms with van der Waals surface area (Å²) in [6.45, 7) is 9.81. The standard InChI is InChI=1S/C21H31ClN6O3S/c1-4-5-19(30)28-11-10-27(13-15(28)2)18-12-17(22)23-21(24-18)32-14-20(31)26-8-6-25(7-9-26)16(3)29/h12,15H,4-11,13-14H2,1-3H3. The van der Waals surface area contributed by atoms with Crippen molar-refractivity contribution in [3.05, 3.63) is 11.2 Å². The van der Waals surface area contributed by atoms with Crippen molar-refractivity contribution in [2.24, 2.45) is 0 Å². The van der Waals surface area contributed by atoms with E-state index in [1.807, 2.05) is 18.7 Å². The number of thioether (sulfide) groups is 1. The molecule has 0 bridgehead atoms. The largest absolute Gasteiger partial charge is 0.353 e. The van der Waals surface area contributed by atoms with Crippen LogP contribution in [-0.4, -0.2) is 100.0 Å². The molecule has 0 saturated carbocycles. The highest BCUT2D eigenvalue weighted by molar-refractivity contribution is 7.99. The summed E-state index contributed by atoms with van der Waals surface area (Å²) in [5.41, 5.74) is 0. The quantitative estimate of drug-likeness (QED) is 0.346. The van der Waals surface area contributed by atoms with E-state index in [9.17, 15) is 14.4 Å². The van der Waals surface area contributed by atoms with Crippen LogP contribution in [0.5, 0.6) is 0 Å². The van der Waals surface area contributed by atoms with Crippen LogP contribution in [0, 0.1) is 0 Å². The van der Waals surface area contributed by atoms with Crippen molar-refractivity contribution in [3.63, 3.8) is 0 Å². The van der Waals surface area contributed by atoms with E-state index in [1.165, 1.54) is 11.8 Å². The number of carbonyl (C=O) groups is 3. The third kappa shape index (κ3) is 6.25. The molecule has 1 aromatic rings. The molecule has 0 aliphatic carbocycles. The van der Waals surface area contributed by atoms with Crippen LogP contribution in [0.15, 0.2) is 11.2 Å². The second-order valence-corrected chi connectivity index (χ2v) is 9.47. The summed E-state index contributed by atoms with van der Waals surface area (Å²) in [6.07, 6.45) is 1.42. The smallest absolute Gasteiger partial charge is 0.233 e. The summed E-state index contributed by atoms with van der Waals surface area (Å²) < 4.78 is 0. The van der Waals surface area contributed by atoms with Crippen LogP contribution >= 0.6 is 23.4 Å². The van der Waals surface area contributed by atoms with Crippen molar-refractivity contribution in [2.75, 3.05) is 56.5 Å². The number of amides is 3. The van der Waals surface area contributed by atoms with E-state index in [4.69, 9.17) is 11.6 Å². The Balaban J connectivity index is 1.56. The summed E-state index contributed by atoms with van der Waals surface area (Å²) >= 11 is 7.51. The molecule has 3 heterocycles. The van der Waals surface area contributed by atoms with Gasteiger partial charge in [0.15, 0.2) is 5.16 Å². The number of aromatic nitrogens is 2. The lowest BCUT2D eigenvalue weighted by Crippen LogP contribution is -2.54. The number of nitrogens with zero attached hydrogens (tertiary/aromatic N) is 6. The first-order valence-corrected chi connectivity index (χ1v) is 12.4. The third-order valence-corrected chi connectivity index (χ3v) is 6.82. The highest BCUT2D eigenvalue weighted by Gasteiger charge is 2.28. The second kappa shape index (κ2) is 11.2. The molecule has 2 aliphatic rings. The molecule has 2 saturated heterocycles. The van der Waals surface area contributed by atoms with Crippen molar-refractivity contribution in [2.45, 2.75) is 44.8 Å². The molecular weight excluding hydrogens is 452 g/mol. The van der Waals surface area contributed by atoms with Gasteiger partial charge in [-0.1, -0.05) is 30.3 Å².